The standard InChI is InChI=1S/C9H12O2S/c1-2-8-4-3-5-9(6-8)7-12(10)11/h3-6H,2,7H2,1H3,(H,10,11)/p-1. The van der Waals surface area contributed by atoms with Gasteiger partial charge in [0.15, 0.2) is 0 Å². The molecular weight excluding hydrogens is 172 g/mol. The highest BCUT2D eigenvalue weighted by Gasteiger charge is 1.93. The van der Waals surface area contributed by atoms with Crippen molar-refractivity contribution in [1.29, 1.82) is 0 Å². The summed E-state index contributed by atoms with van der Waals surface area (Å²) in [4.78, 5) is 0. The van der Waals surface area contributed by atoms with Gasteiger partial charge in [0.1, 0.15) is 0 Å². The summed E-state index contributed by atoms with van der Waals surface area (Å²) in [6, 6.07) is 7.64. The first-order valence-corrected chi connectivity index (χ1v) is 5.10. The molecule has 0 heterocycles. The van der Waals surface area contributed by atoms with Gasteiger partial charge < -0.3 is 4.55 Å². The summed E-state index contributed by atoms with van der Waals surface area (Å²) in [7, 11) is 0. The lowest BCUT2D eigenvalue weighted by Gasteiger charge is -2.05. The Balaban J connectivity index is 2.79. The molecule has 0 saturated heterocycles. The molecule has 0 radical (unpaired) electrons. The van der Waals surface area contributed by atoms with Crippen LogP contribution in [0.3, 0.4) is 0 Å². The van der Waals surface area contributed by atoms with Crippen molar-refractivity contribution in [2.45, 2.75) is 19.1 Å². The van der Waals surface area contributed by atoms with Crippen LogP contribution in [0.25, 0.3) is 0 Å². The summed E-state index contributed by atoms with van der Waals surface area (Å²) in [5, 5.41) is 0. The number of hydrogen-bond acceptors (Lipinski definition) is 2. The molecule has 0 spiro atoms. The largest absolute Gasteiger partial charge is 0.772 e. The SMILES string of the molecule is CCc1cccc(CS(=O)[O-])c1. The van der Waals surface area contributed by atoms with Crippen molar-refractivity contribution in [3.63, 3.8) is 0 Å². The highest BCUT2D eigenvalue weighted by molar-refractivity contribution is 7.78. The van der Waals surface area contributed by atoms with E-state index in [9.17, 15) is 8.76 Å². The fraction of sp³-hybridized carbons (Fsp3) is 0.333. The van der Waals surface area contributed by atoms with Crippen molar-refractivity contribution in [2.24, 2.45) is 0 Å². The first kappa shape index (κ1) is 9.42. The Morgan fingerprint density at radius 2 is 2.08 bits per heavy atom. The average molecular weight is 183 g/mol. The Kier molecular flexibility index (Phi) is 3.44. The van der Waals surface area contributed by atoms with E-state index in [2.05, 4.69) is 0 Å². The highest BCUT2D eigenvalue weighted by Crippen LogP contribution is 2.07. The molecule has 2 nitrogen and oxygen atoms in total. The van der Waals surface area contributed by atoms with Crippen LogP contribution < -0.4 is 0 Å². The number of hydrogen-bond donors (Lipinski definition) is 0. The van der Waals surface area contributed by atoms with Gasteiger partial charge in [-0.25, -0.2) is 0 Å². The lowest BCUT2D eigenvalue weighted by Crippen LogP contribution is -1.93. The second-order valence-electron chi connectivity index (χ2n) is 2.62. The van der Waals surface area contributed by atoms with Gasteiger partial charge in [-0.3, -0.25) is 4.21 Å². The molecule has 0 fully saturated rings. The molecular formula is C9H11O2S-. The Morgan fingerprint density at radius 1 is 1.42 bits per heavy atom. The molecule has 1 rings (SSSR count). The van der Waals surface area contributed by atoms with Crippen LogP contribution >= 0.6 is 0 Å². The first-order valence-electron chi connectivity index (χ1n) is 3.86. The number of benzene rings is 1. The Morgan fingerprint density at radius 3 is 2.67 bits per heavy atom. The second-order valence-corrected chi connectivity index (χ2v) is 3.52. The van der Waals surface area contributed by atoms with Crippen LogP contribution in [-0.4, -0.2) is 8.76 Å². The predicted molar refractivity (Wildman–Crippen MR) is 48.4 cm³/mol. The summed E-state index contributed by atoms with van der Waals surface area (Å²) in [6.45, 7) is 2.05. The molecule has 1 unspecified atom stereocenters. The zero-order valence-electron chi connectivity index (χ0n) is 6.95. The zero-order chi connectivity index (χ0) is 8.97. The van der Waals surface area contributed by atoms with Gasteiger partial charge in [-0.15, -0.1) is 0 Å². The van der Waals surface area contributed by atoms with Gasteiger partial charge >= 0.3 is 0 Å². The van der Waals surface area contributed by atoms with E-state index in [0.29, 0.717) is 0 Å². The fourth-order valence-corrected chi connectivity index (χ4v) is 1.53. The molecule has 1 atom stereocenters. The lowest BCUT2D eigenvalue weighted by atomic mass is 10.1. The zero-order valence-corrected chi connectivity index (χ0v) is 7.76. The Labute approximate surface area is 74.9 Å². The average Bonchev–Trinajstić information content (AvgIpc) is 2.03. The van der Waals surface area contributed by atoms with E-state index in [1.807, 2.05) is 31.2 Å². The maximum atomic E-state index is 10.4. The van der Waals surface area contributed by atoms with E-state index in [1.54, 1.807) is 0 Å². The molecule has 66 valence electrons. The van der Waals surface area contributed by atoms with Gasteiger partial charge in [-0.1, -0.05) is 42.3 Å². The maximum Gasteiger partial charge on any atom is 0.0353 e. The topological polar surface area (TPSA) is 40.1 Å². The molecule has 0 bridgehead atoms. The molecule has 12 heavy (non-hydrogen) atoms. The van der Waals surface area contributed by atoms with Crippen LogP contribution in [0.2, 0.25) is 0 Å². The summed E-state index contributed by atoms with van der Waals surface area (Å²) >= 11 is -1.98. The van der Waals surface area contributed by atoms with Gasteiger partial charge in [0.25, 0.3) is 0 Å². The van der Waals surface area contributed by atoms with Gasteiger partial charge in [-0.2, -0.15) is 0 Å². The van der Waals surface area contributed by atoms with Crippen LogP contribution in [0.4, 0.5) is 0 Å². The molecule has 0 aliphatic carbocycles. The third-order valence-corrected chi connectivity index (χ3v) is 2.25. The minimum absolute atomic E-state index is 0.119. The van der Waals surface area contributed by atoms with E-state index in [4.69, 9.17) is 0 Å². The van der Waals surface area contributed by atoms with Crippen LogP contribution in [0.15, 0.2) is 24.3 Å². The third-order valence-electron chi connectivity index (χ3n) is 1.68. The molecule has 0 aliphatic rings. The monoisotopic (exact) mass is 183 g/mol. The summed E-state index contributed by atoms with van der Waals surface area (Å²) in [6.07, 6.45) is 0.944. The smallest absolute Gasteiger partial charge is 0.0353 e. The molecule has 1 aromatic rings. The van der Waals surface area contributed by atoms with E-state index in [-0.39, 0.29) is 5.75 Å². The molecule has 0 aliphatic heterocycles. The van der Waals surface area contributed by atoms with E-state index in [0.717, 1.165) is 12.0 Å². The summed E-state index contributed by atoms with van der Waals surface area (Å²) < 4.78 is 20.7. The van der Waals surface area contributed by atoms with Crippen molar-refractivity contribution < 1.29 is 8.76 Å². The molecule has 0 N–H and O–H groups in total. The normalized spacial score (nSPS) is 12.8. The molecule has 1 aromatic carbocycles. The van der Waals surface area contributed by atoms with Crippen molar-refractivity contribution in [3.8, 4) is 0 Å². The fourth-order valence-electron chi connectivity index (χ4n) is 1.08. The van der Waals surface area contributed by atoms with E-state index < -0.39 is 11.1 Å². The van der Waals surface area contributed by atoms with Gasteiger partial charge in [0.05, 0.1) is 0 Å². The highest BCUT2D eigenvalue weighted by atomic mass is 32.2. The molecule has 0 saturated carbocycles. The summed E-state index contributed by atoms with van der Waals surface area (Å²) in [5.74, 6) is 0.119. The van der Waals surface area contributed by atoms with Gasteiger partial charge in [0, 0.05) is 5.75 Å². The minimum atomic E-state index is -1.98. The Hall–Kier alpha value is -0.670. The van der Waals surface area contributed by atoms with Crippen molar-refractivity contribution >= 4 is 11.1 Å². The number of aryl methyl sites for hydroxylation is 1. The van der Waals surface area contributed by atoms with Crippen molar-refractivity contribution in [2.75, 3.05) is 0 Å². The number of rotatable bonds is 3. The predicted octanol–water partition coefficient (Wildman–Crippen LogP) is 1.63. The van der Waals surface area contributed by atoms with E-state index in [1.165, 1.54) is 5.56 Å². The molecule has 0 amide bonds. The van der Waals surface area contributed by atoms with Gasteiger partial charge in [-0.05, 0) is 17.5 Å². The van der Waals surface area contributed by atoms with Crippen molar-refractivity contribution in [3.05, 3.63) is 35.4 Å². The van der Waals surface area contributed by atoms with Crippen LogP contribution in [-0.2, 0) is 23.3 Å². The van der Waals surface area contributed by atoms with Gasteiger partial charge in [0.2, 0.25) is 0 Å². The first-order chi connectivity index (χ1) is 5.72. The van der Waals surface area contributed by atoms with E-state index >= 15 is 0 Å². The van der Waals surface area contributed by atoms with Crippen LogP contribution in [0.1, 0.15) is 18.1 Å². The quantitative estimate of drug-likeness (QED) is 0.668. The van der Waals surface area contributed by atoms with Crippen LogP contribution in [0.5, 0.6) is 0 Å². The third kappa shape index (κ3) is 2.75. The maximum absolute atomic E-state index is 10.4. The Bertz CT molecular complexity index is 284. The van der Waals surface area contributed by atoms with Crippen LogP contribution in [0, 0.1) is 0 Å². The lowest BCUT2D eigenvalue weighted by molar-refractivity contribution is 0.536. The molecule has 0 aromatic heterocycles. The van der Waals surface area contributed by atoms with Crippen molar-refractivity contribution in [1.82, 2.24) is 0 Å². The summed E-state index contributed by atoms with van der Waals surface area (Å²) in [5.41, 5.74) is 2.04. The minimum Gasteiger partial charge on any atom is -0.772 e. The molecule has 3 heteroatoms. The second kappa shape index (κ2) is 4.38.